The highest BCUT2D eigenvalue weighted by Gasteiger charge is 2.30. The molecule has 0 fully saturated rings. The number of aryl methyl sites for hydroxylation is 1. The molecule has 0 unspecified atom stereocenters. The fourth-order valence-corrected chi connectivity index (χ4v) is 2.69. The van der Waals surface area contributed by atoms with Crippen LogP contribution in [0.25, 0.3) is 0 Å². The Labute approximate surface area is 190 Å². The Hall–Kier alpha value is -4.35. The standard InChI is InChI=1S/C22H18F3N3O6/c1-13-9-18(28-34-13)27-20(30)12-33-21(31)16-7-2-3-8-17(16)32-11-19(29)26-15-6-4-5-14(10-15)22(23,24)25/h2-10H,11-12H2,1H3,(H,26,29)(H,27,28,30). The fourth-order valence-electron chi connectivity index (χ4n) is 2.69. The zero-order valence-corrected chi connectivity index (χ0v) is 17.6. The zero-order chi connectivity index (χ0) is 24.7. The number of hydrogen-bond donors (Lipinski definition) is 2. The second-order valence-corrected chi connectivity index (χ2v) is 6.86. The number of benzene rings is 2. The summed E-state index contributed by atoms with van der Waals surface area (Å²) in [4.78, 5) is 36.4. The molecule has 3 rings (SSSR count). The molecule has 2 amide bonds. The molecule has 0 saturated carbocycles. The normalized spacial score (nSPS) is 10.9. The van der Waals surface area contributed by atoms with Crippen molar-refractivity contribution < 1.29 is 41.6 Å². The van der Waals surface area contributed by atoms with Gasteiger partial charge in [-0.2, -0.15) is 13.2 Å². The first kappa shape index (κ1) is 24.3. The summed E-state index contributed by atoms with van der Waals surface area (Å²) >= 11 is 0. The summed E-state index contributed by atoms with van der Waals surface area (Å²) in [5.74, 6) is -1.66. The number of para-hydroxylation sites is 1. The average molecular weight is 477 g/mol. The van der Waals surface area contributed by atoms with E-state index >= 15 is 0 Å². The van der Waals surface area contributed by atoms with Crippen LogP contribution in [-0.2, 0) is 20.5 Å². The maximum absolute atomic E-state index is 12.8. The Morgan fingerprint density at radius 2 is 1.71 bits per heavy atom. The molecule has 0 saturated heterocycles. The molecule has 0 aliphatic heterocycles. The highest BCUT2D eigenvalue weighted by Crippen LogP contribution is 2.30. The zero-order valence-electron chi connectivity index (χ0n) is 17.6. The van der Waals surface area contributed by atoms with E-state index in [-0.39, 0.29) is 22.8 Å². The van der Waals surface area contributed by atoms with Crippen molar-refractivity contribution in [2.75, 3.05) is 23.8 Å². The predicted octanol–water partition coefficient (Wildman–Crippen LogP) is 3.81. The van der Waals surface area contributed by atoms with Gasteiger partial charge in [-0.15, -0.1) is 0 Å². The number of ether oxygens (including phenoxy) is 2. The van der Waals surface area contributed by atoms with Gasteiger partial charge in [-0.1, -0.05) is 23.4 Å². The molecule has 0 bridgehead atoms. The summed E-state index contributed by atoms with van der Waals surface area (Å²) in [6.07, 6.45) is -4.55. The molecule has 0 radical (unpaired) electrons. The van der Waals surface area contributed by atoms with Gasteiger partial charge in [-0.05, 0) is 37.3 Å². The summed E-state index contributed by atoms with van der Waals surface area (Å²) in [6, 6.07) is 11.4. The Balaban J connectivity index is 1.54. The van der Waals surface area contributed by atoms with E-state index in [1.807, 2.05) is 0 Å². The fraction of sp³-hybridized carbons (Fsp3) is 0.182. The third kappa shape index (κ3) is 6.82. The van der Waals surface area contributed by atoms with Crippen molar-refractivity contribution in [2.24, 2.45) is 0 Å². The van der Waals surface area contributed by atoms with E-state index in [1.54, 1.807) is 6.92 Å². The molecule has 178 valence electrons. The van der Waals surface area contributed by atoms with Gasteiger partial charge in [-0.3, -0.25) is 9.59 Å². The molecular formula is C22H18F3N3O6. The summed E-state index contributed by atoms with van der Waals surface area (Å²) in [7, 11) is 0. The molecule has 3 aromatic rings. The third-order valence-electron chi connectivity index (χ3n) is 4.17. The number of anilines is 2. The lowest BCUT2D eigenvalue weighted by Gasteiger charge is -2.12. The van der Waals surface area contributed by atoms with Crippen molar-refractivity contribution in [3.63, 3.8) is 0 Å². The smallest absolute Gasteiger partial charge is 0.416 e. The number of alkyl halides is 3. The van der Waals surface area contributed by atoms with Crippen LogP contribution >= 0.6 is 0 Å². The second-order valence-electron chi connectivity index (χ2n) is 6.86. The molecular weight excluding hydrogens is 459 g/mol. The summed E-state index contributed by atoms with van der Waals surface area (Å²) in [5.41, 5.74) is -1.04. The van der Waals surface area contributed by atoms with Gasteiger partial charge < -0.3 is 24.6 Å². The number of hydrogen-bond acceptors (Lipinski definition) is 7. The van der Waals surface area contributed by atoms with Gasteiger partial charge >= 0.3 is 12.1 Å². The largest absolute Gasteiger partial charge is 0.483 e. The lowest BCUT2D eigenvalue weighted by molar-refractivity contribution is -0.137. The summed E-state index contributed by atoms with van der Waals surface area (Å²) < 4.78 is 53.5. The number of halogens is 3. The Kier molecular flexibility index (Phi) is 7.51. The van der Waals surface area contributed by atoms with Crippen molar-refractivity contribution in [2.45, 2.75) is 13.1 Å². The molecule has 12 heteroatoms. The van der Waals surface area contributed by atoms with E-state index in [4.69, 9.17) is 14.0 Å². The van der Waals surface area contributed by atoms with Crippen molar-refractivity contribution in [1.29, 1.82) is 0 Å². The summed E-state index contributed by atoms with van der Waals surface area (Å²) in [6.45, 7) is 0.432. The van der Waals surface area contributed by atoms with Gasteiger partial charge in [0.1, 0.15) is 17.1 Å². The highest BCUT2D eigenvalue weighted by molar-refractivity contribution is 5.97. The van der Waals surface area contributed by atoms with Gasteiger partial charge in [0, 0.05) is 11.8 Å². The molecule has 9 nitrogen and oxygen atoms in total. The molecule has 0 spiro atoms. The minimum absolute atomic E-state index is 0.0146. The molecule has 0 aliphatic rings. The molecule has 1 heterocycles. The average Bonchev–Trinajstić information content (AvgIpc) is 3.20. The van der Waals surface area contributed by atoms with Crippen molar-refractivity contribution in [3.8, 4) is 5.75 Å². The van der Waals surface area contributed by atoms with Crippen LogP contribution in [0.2, 0.25) is 0 Å². The van der Waals surface area contributed by atoms with Crippen LogP contribution in [-0.4, -0.2) is 36.2 Å². The van der Waals surface area contributed by atoms with Gasteiger partial charge in [0.2, 0.25) is 0 Å². The summed E-state index contributed by atoms with van der Waals surface area (Å²) in [5, 5.41) is 8.26. The van der Waals surface area contributed by atoms with Crippen LogP contribution in [0, 0.1) is 6.92 Å². The van der Waals surface area contributed by atoms with Crippen LogP contribution in [0.1, 0.15) is 21.7 Å². The van der Waals surface area contributed by atoms with E-state index < -0.39 is 42.7 Å². The minimum atomic E-state index is -4.55. The van der Waals surface area contributed by atoms with Crippen LogP contribution in [0.3, 0.4) is 0 Å². The van der Waals surface area contributed by atoms with E-state index in [2.05, 4.69) is 15.8 Å². The van der Waals surface area contributed by atoms with E-state index in [0.717, 1.165) is 18.2 Å². The minimum Gasteiger partial charge on any atom is -0.483 e. The highest BCUT2D eigenvalue weighted by atomic mass is 19.4. The number of esters is 1. The van der Waals surface area contributed by atoms with Crippen LogP contribution < -0.4 is 15.4 Å². The lowest BCUT2D eigenvalue weighted by Crippen LogP contribution is -2.23. The first-order chi connectivity index (χ1) is 16.1. The second kappa shape index (κ2) is 10.5. The molecule has 2 N–H and O–H groups in total. The number of rotatable bonds is 8. The van der Waals surface area contributed by atoms with E-state index in [1.165, 1.54) is 36.4 Å². The first-order valence-electron chi connectivity index (χ1n) is 9.71. The Bertz CT molecular complexity index is 1190. The molecule has 34 heavy (non-hydrogen) atoms. The molecule has 0 atom stereocenters. The molecule has 2 aromatic carbocycles. The number of carbonyl (C=O) groups excluding carboxylic acids is 3. The first-order valence-corrected chi connectivity index (χ1v) is 9.71. The maximum atomic E-state index is 12.8. The molecule has 1 aromatic heterocycles. The predicted molar refractivity (Wildman–Crippen MR) is 112 cm³/mol. The van der Waals surface area contributed by atoms with Gasteiger partial charge in [0.25, 0.3) is 11.8 Å². The maximum Gasteiger partial charge on any atom is 0.416 e. The van der Waals surface area contributed by atoms with Gasteiger partial charge in [0.05, 0.1) is 5.56 Å². The van der Waals surface area contributed by atoms with Crippen LogP contribution in [0.5, 0.6) is 5.75 Å². The number of nitrogens with one attached hydrogen (secondary N) is 2. The van der Waals surface area contributed by atoms with E-state index in [9.17, 15) is 27.6 Å². The number of carbonyl (C=O) groups is 3. The SMILES string of the molecule is Cc1cc(NC(=O)COC(=O)c2ccccc2OCC(=O)Nc2cccc(C(F)(F)F)c2)no1. The number of amides is 2. The number of aromatic nitrogens is 1. The monoisotopic (exact) mass is 477 g/mol. The quantitative estimate of drug-likeness (QED) is 0.474. The van der Waals surface area contributed by atoms with Gasteiger partial charge in [-0.25, -0.2) is 4.79 Å². The Morgan fingerprint density at radius 1 is 0.971 bits per heavy atom. The van der Waals surface area contributed by atoms with Crippen LogP contribution in [0.4, 0.5) is 24.7 Å². The molecule has 0 aliphatic carbocycles. The Morgan fingerprint density at radius 3 is 2.41 bits per heavy atom. The van der Waals surface area contributed by atoms with Crippen LogP contribution in [0.15, 0.2) is 59.1 Å². The van der Waals surface area contributed by atoms with Crippen molar-refractivity contribution >= 4 is 29.3 Å². The van der Waals surface area contributed by atoms with Gasteiger partial charge in [0.15, 0.2) is 19.0 Å². The third-order valence-corrected chi connectivity index (χ3v) is 4.17. The van der Waals surface area contributed by atoms with E-state index in [0.29, 0.717) is 5.76 Å². The van der Waals surface area contributed by atoms with Crippen molar-refractivity contribution in [1.82, 2.24) is 5.16 Å². The topological polar surface area (TPSA) is 120 Å². The lowest BCUT2D eigenvalue weighted by atomic mass is 10.2. The number of nitrogens with zero attached hydrogens (tertiary/aromatic N) is 1. The van der Waals surface area contributed by atoms with Crippen molar-refractivity contribution in [3.05, 3.63) is 71.5 Å².